The molecule has 0 spiro atoms. The summed E-state index contributed by atoms with van der Waals surface area (Å²) in [4.78, 5) is 27.1. The largest absolute Gasteiger partial charge is 0.497 e. The van der Waals surface area contributed by atoms with Gasteiger partial charge in [-0.15, -0.1) is 11.8 Å². The molecular formula is C22H22N4O3S. The standard InChI is InChI=1S/C22H22N4O3S/c1-29-19-9-7-18(8-10-19)26-12-11-17(24-26)13-23-21(27)20-14-30-15-25(20)22(28)16-5-3-2-4-6-16/h2-12,20H,13-15H2,1H3,(H,23,27). The molecule has 0 aliphatic carbocycles. The van der Waals surface area contributed by atoms with Gasteiger partial charge in [-0.25, -0.2) is 4.68 Å². The van der Waals surface area contributed by atoms with Crippen LogP contribution in [0.25, 0.3) is 5.69 Å². The Morgan fingerprint density at radius 1 is 1.13 bits per heavy atom. The van der Waals surface area contributed by atoms with Gasteiger partial charge in [0, 0.05) is 17.5 Å². The third kappa shape index (κ3) is 4.33. The van der Waals surface area contributed by atoms with E-state index in [1.165, 1.54) is 0 Å². The molecule has 1 aromatic heterocycles. The molecule has 1 aliphatic rings. The number of hydrogen-bond donors (Lipinski definition) is 1. The minimum Gasteiger partial charge on any atom is -0.497 e. The van der Waals surface area contributed by atoms with Crippen molar-refractivity contribution in [2.45, 2.75) is 12.6 Å². The van der Waals surface area contributed by atoms with Crippen LogP contribution in [0.4, 0.5) is 0 Å². The van der Waals surface area contributed by atoms with E-state index in [2.05, 4.69) is 10.4 Å². The number of methoxy groups -OCH3 is 1. The van der Waals surface area contributed by atoms with Gasteiger partial charge in [-0.1, -0.05) is 18.2 Å². The average molecular weight is 423 g/mol. The normalized spacial score (nSPS) is 15.8. The molecule has 30 heavy (non-hydrogen) atoms. The molecular weight excluding hydrogens is 400 g/mol. The number of nitrogens with zero attached hydrogens (tertiary/aromatic N) is 3. The quantitative estimate of drug-likeness (QED) is 0.661. The van der Waals surface area contributed by atoms with Crippen LogP contribution >= 0.6 is 11.8 Å². The van der Waals surface area contributed by atoms with Crippen molar-refractivity contribution in [1.29, 1.82) is 0 Å². The van der Waals surface area contributed by atoms with Crippen molar-refractivity contribution in [1.82, 2.24) is 20.0 Å². The van der Waals surface area contributed by atoms with E-state index in [4.69, 9.17) is 4.74 Å². The van der Waals surface area contributed by atoms with Gasteiger partial charge >= 0.3 is 0 Å². The van der Waals surface area contributed by atoms with Crippen LogP contribution in [-0.4, -0.2) is 51.3 Å². The fourth-order valence-corrected chi connectivity index (χ4v) is 4.39. The Labute approximate surface area is 179 Å². The first-order valence-corrected chi connectivity index (χ1v) is 10.7. The van der Waals surface area contributed by atoms with Gasteiger partial charge in [0.05, 0.1) is 30.9 Å². The maximum absolute atomic E-state index is 12.7. The zero-order valence-corrected chi connectivity index (χ0v) is 17.3. The molecule has 7 nitrogen and oxygen atoms in total. The maximum atomic E-state index is 12.7. The summed E-state index contributed by atoms with van der Waals surface area (Å²) in [5.74, 6) is 1.60. The lowest BCUT2D eigenvalue weighted by atomic mass is 10.1. The second kappa shape index (κ2) is 9.04. The van der Waals surface area contributed by atoms with Gasteiger partial charge in [0.2, 0.25) is 5.91 Å². The van der Waals surface area contributed by atoms with Crippen molar-refractivity contribution >= 4 is 23.6 Å². The zero-order valence-electron chi connectivity index (χ0n) is 16.5. The first-order valence-electron chi connectivity index (χ1n) is 9.56. The van der Waals surface area contributed by atoms with E-state index in [9.17, 15) is 9.59 Å². The lowest BCUT2D eigenvalue weighted by Gasteiger charge is -2.23. The van der Waals surface area contributed by atoms with Crippen LogP contribution in [-0.2, 0) is 11.3 Å². The SMILES string of the molecule is COc1ccc(-n2ccc(CNC(=O)C3CSCN3C(=O)c3ccccc3)n2)cc1. The number of carbonyl (C=O) groups excluding carboxylic acids is 2. The number of benzene rings is 2. The zero-order chi connectivity index (χ0) is 20.9. The maximum Gasteiger partial charge on any atom is 0.255 e. The van der Waals surface area contributed by atoms with Crippen molar-refractivity contribution in [2.24, 2.45) is 0 Å². The molecule has 1 unspecified atom stereocenters. The Kier molecular flexibility index (Phi) is 6.04. The predicted octanol–water partition coefficient (Wildman–Crippen LogP) is 2.71. The minimum absolute atomic E-state index is 0.121. The summed E-state index contributed by atoms with van der Waals surface area (Å²) in [6, 6.07) is 18.0. The molecule has 1 aliphatic heterocycles. The molecule has 3 aromatic rings. The van der Waals surface area contributed by atoms with E-state index in [1.54, 1.807) is 40.6 Å². The average Bonchev–Trinajstić information content (AvgIpc) is 3.48. The Bertz CT molecular complexity index is 1020. The molecule has 1 fully saturated rings. The number of thioether (sulfide) groups is 1. The van der Waals surface area contributed by atoms with E-state index in [-0.39, 0.29) is 11.8 Å². The molecule has 0 saturated carbocycles. The van der Waals surface area contributed by atoms with Crippen LogP contribution in [0.1, 0.15) is 16.1 Å². The first-order chi connectivity index (χ1) is 14.7. The molecule has 2 aromatic carbocycles. The van der Waals surface area contributed by atoms with Crippen molar-refractivity contribution in [3.63, 3.8) is 0 Å². The van der Waals surface area contributed by atoms with Gasteiger partial charge in [0.25, 0.3) is 5.91 Å². The fourth-order valence-electron chi connectivity index (χ4n) is 3.24. The minimum atomic E-state index is -0.480. The Morgan fingerprint density at radius 3 is 2.63 bits per heavy atom. The van der Waals surface area contributed by atoms with Crippen molar-refractivity contribution < 1.29 is 14.3 Å². The lowest BCUT2D eigenvalue weighted by molar-refractivity contribution is -0.124. The summed E-state index contributed by atoms with van der Waals surface area (Å²) in [5, 5.41) is 7.43. The van der Waals surface area contributed by atoms with Gasteiger partial charge in [-0.2, -0.15) is 5.10 Å². The number of rotatable bonds is 6. The van der Waals surface area contributed by atoms with Crippen LogP contribution in [0.3, 0.4) is 0 Å². The number of hydrogen-bond acceptors (Lipinski definition) is 5. The van der Waals surface area contributed by atoms with Crippen LogP contribution in [0.15, 0.2) is 66.9 Å². The van der Waals surface area contributed by atoms with Crippen LogP contribution in [0.2, 0.25) is 0 Å². The van der Waals surface area contributed by atoms with Gasteiger partial charge in [0.15, 0.2) is 0 Å². The van der Waals surface area contributed by atoms with Gasteiger partial charge in [-0.3, -0.25) is 9.59 Å². The molecule has 4 rings (SSSR count). The molecule has 0 radical (unpaired) electrons. The van der Waals surface area contributed by atoms with Gasteiger partial charge in [-0.05, 0) is 42.5 Å². The van der Waals surface area contributed by atoms with Crippen LogP contribution in [0, 0.1) is 0 Å². The highest BCUT2D eigenvalue weighted by molar-refractivity contribution is 7.99. The number of ether oxygens (including phenoxy) is 1. The van der Waals surface area contributed by atoms with Gasteiger partial charge in [0.1, 0.15) is 11.8 Å². The molecule has 1 atom stereocenters. The lowest BCUT2D eigenvalue weighted by Crippen LogP contribution is -2.47. The molecule has 8 heteroatoms. The molecule has 2 amide bonds. The van der Waals surface area contributed by atoms with Crippen LogP contribution in [0.5, 0.6) is 5.75 Å². The smallest absolute Gasteiger partial charge is 0.255 e. The highest BCUT2D eigenvalue weighted by Crippen LogP contribution is 2.23. The molecule has 1 N–H and O–H groups in total. The van der Waals surface area contributed by atoms with E-state index >= 15 is 0 Å². The van der Waals surface area contributed by atoms with E-state index < -0.39 is 6.04 Å². The second-order valence-electron chi connectivity index (χ2n) is 6.82. The summed E-state index contributed by atoms with van der Waals surface area (Å²) in [6.07, 6.45) is 1.85. The monoisotopic (exact) mass is 422 g/mol. The number of amides is 2. The van der Waals surface area contributed by atoms with E-state index in [1.807, 2.05) is 54.7 Å². The van der Waals surface area contributed by atoms with Crippen molar-refractivity contribution in [3.05, 3.63) is 78.1 Å². The fraction of sp³-hybridized carbons (Fsp3) is 0.227. The van der Waals surface area contributed by atoms with E-state index in [0.717, 1.165) is 17.1 Å². The first kappa shape index (κ1) is 20.0. The Hall–Kier alpha value is -3.26. The van der Waals surface area contributed by atoms with E-state index in [0.29, 0.717) is 23.7 Å². The highest BCUT2D eigenvalue weighted by atomic mass is 32.2. The van der Waals surface area contributed by atoms with Crippen LogP contribution < -0.4 is 10.1 Å². The highest BCUT2D eigenvalue weighted by Gasteiger charge is 2.34. The molecule has 0 bridgehead atoms. The second-order valence-corrected chi connectivity index (χ2v) is 7.82. The topological polar surface area (TPSA) is 76.5 Å². The number of carbonyl (C=O) groups is 2. The predicted molar refractivity (Wildman–Crippen MR) is 116 cm³/mol. The molecule has 1 saturated heterocycles. The third-order valence-electron chi connectivity index (χ3n) is 4.89. The van der Waals surface area contributed by atoms with Crippen molar-refractivity contribution in [2.75, 3.05) is 18.7 Å². The third-order valence-corrected chi connectivity index (χ3v) is 5.90. The number of aromatic nitrogens is 2. The molecule has 2 heterocycles. The Morgan fingerprint density at radius 2 is 1.90 bits per heavy atom. The summed E-state index contributed by atoms with van der Waals surface area (Å²) >= 11 is 1.58. The number of nitrogens with one attached hydrogen (secondary N) is 1. The van der Waals surface area contributed by atoms with Crippen molar-refractivity contribution in [3.8, 4) is 11.4 Å². The Balaban J connectivity index is 1.37. The summed E-state index contributed by atoms with van der Waals surface area (Å²) in [6.45, 7) is 0.302. The summed E-state index contributed by atoms with van der Waals surface area (Å²) in [5.41, 5.74) is 2.24. The van der Waals surface area contributed by atoms with Gasteiger partial charge < -0.3 is 15.0 Å². The summed E-state index contributed by atoms with van der Waals surface area (Å²) < 4.78 is 6.92. The summed E-state index contributed by atoms with van der Waals surface area (Å²) in [7, 11) is 1.63. The molecule has 154 valence electrons.